The molecule has 4 aromatic rings. The van der Waals surface area contributed by atoms with Gasteiger partial charge in [-0.3, -0.25) is 4.79 Å². The number of amides is 1. The molecule has 1 aromatic heterocycles. The second-order valence-electron chi connectivity index (χ2n) is 7.57. The number of hydrogen-bond acceptors (Lipinski definition) is 3. The highest BCUT2D eigenvalue weighted by atomic mass is 16.1. The Morgan fingerprint density at radius 3 is 2.29 bits per heavy atom. The van der Waals surface area contributed by atoms with E-state index in [-0.39, 0.29) is 11.9 Å². The summed E-state index contributed by atoms with van der Waals surface area (Å²) in [6.07, 6.45) is 0.657. The highest BCUT2D eigenvalue weighted by Gasteiger charge is 2.20. The first-order valence-corrected chi connectivity index (χ1v) is 10.8. The number of aromatic amines is 1. The van der Waals surface area contributed by atoms with Gasteiger partial charge in [-0.2, -0.15) is 0 Å². The van der Waals surface area contributed by atoms with Crippen LogP contribution in [0.3, 0.4) is 0 Å². The van der Waals surface area contributed by atoms with Crippen molar-refractivity contribution in [1.82, 2.24) is 15.3 Å². The van der Waals surface area contributed by atoms with Crippen molar-refractivity contribution in [2.24, 2.45) is 0 Å². The minimum atomic E-state index is -0.259. The van der Waals surface area contributed by atoms with E-state index >= 15 is 0 Å². The number of carbonyl (C=O) groups excluding carboxylic acids is 1. The lowest BCUT2D eigenvalue weighted by molar-refractivity contribution is 0.0935. The standard InChI is InChI=1S/C26H28N4O/c1-3-30(4-2)21-16-14-20(15-17-21)26(31)29-24(18-19-10-6-5-7-11-19)25-27-22-12-8-9-13-23(22)28-25/h5-17,24H,3-4,18H2,1-2H3,(H,27,28)(H,29,31)/t24-/m1/s1. The molecule has 4 rings (SSSR count). The molecule has 0 spiro atoms. The topological polar surface area (TPSA) is 61.0 Å². The summed E-state index contributed by atoms with van der Waals surface area (Å²) >= 11 is 0. The summed E-state index contributed by atoms with van der Waals surface area (Å²) in [6.45, 7) is 6.14. The molecule has 1 heterocycles. The molecule has 0 aliphatic rings. The van der Waals surface area contributed by atoms with Crippen LogP contribution in [0.15, 0.2) is 78.9 Å². The lowest BCUT2D eigenvalue weighted by Crippen LogP contribution is -2.31. The first kappa shape index (κ1) is 20.7. The maximum Gasteiger partial charge on any atom is 0.251 e. The van der Waals surface area contributed by atoms with Crippen LogP contribution in [0.5, 0.6) is 0 Å². The molecular formula is C26H28N4O. The summed E-state index contributed by atoms with van der Waals surface area (Å²) in [6, 6.07) is 25.6. The lowest BCUT2D eigenvalue weighted by atomic mass is 10.0. The summed E-state index contributed by atoms with van der Waals surface area (Å²) in [5.41, 5.74) is 4.77. The van der Waals surface area contributed by atoms with Gasteiger partial charge in [-0.15, -0.1) is 0 Å². The van der Waals surface area contributed by atoms with Crippen molar-refractivity contribution in [1.29, 1.82) is 0 Å². The number of carbonyl (C=O) groups is 1. The summed E-state index contributed by atoms with van der Waals surface area (Å²) in [5.74, 6) is 0.658. The van der Waals surface area contributed by atoms with E-state index in [0.717, 1.165) is 41.2 Å². The van der Waals surface area contributed by atoms with Crippen LogP contribution in [0, 0.1) is 0 Å². The van der Waals surface area contributed by atoms with Gasteiger partial charge in [0, 0.05) is 24.3 Å². The third-order valence-corrected chi connectivity index (χ3v) is 5.58. The molecule has 0 bridgehead atoms. The Morgan fingerprint density at radius 2 is 1.61 bits per heavy atom. The molecule has 1 atom stereocenters. The Morgan fingerprint density at radius 1 is 0.935 bits per heavy atom. The maximum absolute atomic E-state index is 13.1. The smallest absolute Gasteiger partial charge is 0.251 e. The van der Waals surface area contributed by atoms with Crippen molar-refractivity contribution < 1.29 is 4.79 Å². The van der Waals surface area contributed by atoms with E-state index in [1.165, 1.54) is 0 Å². The molecule has 0 radical (unpaired) electrons. The number of imidazole rings is 1. The number of benzene rings is 3. The van der Waals surface area contributed by atoms with Crippen LogP contribution in [-0.4, -0.2) is 29.0 Å². The van der Waals surface area contributed by atoms with Crippen LogP contribution >= 0.6 is 0 Å². The van der Waals surface area contributed by atoms with Gasteiger partial charge < -0.3 is 15.2 Å². The highest BCUT2D eigenvalue weighted by molar-refractivity contribution is 5.94. The van der Waals surface area contributed by atoms with Crippen LogP contribution in [0.4, 0.5) is 5.69 Å². The monoisotopic (exact) mass is 412 g/mol. The van der Waals surface area contributed by atoms with Gasteiger partial charge >= 0.3 is 0 Å². The number of para-hydroxylation sites is 2. The molecule has 0 saturated heterocycles. The fraction of sp³-hybridized carbons (Fsp3) is 0.231. The van der Waals surface area contributed by atoms with Gasteiger partial charge in [0.2, 0.25) is 0 Å². The first-order valence-electron chi connectivity index (χ1n) is 10.8. The molecule has 5 nitrogen and oxygen atoms in total. The largest absolute Gasteiger partial charge is 0.372 e. The minimum Gasteiger partial charge on any atom is -0.372 e. The fourth-order valence-electron chi connectivity index (χ4n) is 3.86. The van der Waals surface area contributed by atoms with E-state index in [2.05, 4.69) is 41.2 Å². The van der Waals surface area contributed by atoms with E-state index < -0.39 is 0 Å². The Kier molecular flexibility index (Phi) is 6.32. The second-order valence-corrected chi connectivity index (χ2v) is 7.57. The lowest BCUT2D eigenvalue weighted by Gasteiger charge is -2.21. The van der Waals surface area contributed by atoms with Gasteiger partial charge in [0.15, 0.2) is 0 Å². The number of fused-ring (bicyclic) bond motifs is 1. The Labute approximate surface area is 183 Å². The molecule has 0 aliphatic carbocycles. The molecule has 1 amide bonds. The molecule has 0 aliphatic heterocycles. The van der Waals surface area contributed by atoms with Crippen LogP contribution < -0.4 is 10.2 Å². The normalized spacial score (nSPS) is 11.9. The van der Waals surface area contributed by atoms with Crippen LogP contribution in [0.2, 0.25) is 0 Å². The SMILES string of the molecule is CCN(CC)c1ccc(C(=O)N[C@H](Cc2ccccc2)c2nc3ccccc3[nH]2)cc1. The molecule has 0 fully saturated rings. The Bertz CT molecular complexity index is 1100. The zero-order valence-electron chi connectivity index (χ0n) is 18.0. The quantitative estimate of drug-likeness (QED) is 0.422. The van der Waals surface area contributed by atoms with Crippen molar-refractivity contribution in [3.8, 4) is 0 Å². The number of H-pyrrole nitrogens is 1. The summed E-state index contributed by atoms with van der Waals surface area (Å²) in [5, 5.41) is 3.19. The average molecular weight is 413 g/mol. The van der Waals surface area contributed by atoms with Gasteiger partial charge in [0.05, 0.1) is 17.1 Å². The summed E-state index contributed by atoms with van der Waals surface area (Å²) < 4.78 is 0. The molecule has 5 heteroatoms. The number of anilines is 1. The van der Waals surface area contributed by atoms with E-state index in [1.807, 2.05) is 66.7 Å². The zero-order valence-corrected chi connectivity index (χ0v) is 18.0. The molecular weight excluding hydrogens is 384 g/mol. The van der Waals surface area contributed by atoms with E-state index in [0.29, 0.717) is 12.0 Å². The third kappa shape index (κ3) is 4.77. The van der Waals surface area contributed by atoms with Gasteiger partial charge in [0.25, 0.3) is 5.91 Å². The van der Waals surface area contributed by atoms with Gasteiger partial charge in [0.1, 0.15) is 5.82 Å². The average Bonchev–Trinajstić information content (AvgIpc) is 3.25. The molecule has 158 valence electrons. The molecule has 3 aromatic carbocycles. The van der Waals surface area contributed by atoms with Crippen molar-refractivity contribution in [3.05, 3.63) is 95.8 Å². The van der Waals surface area contributed by atoms with E-state index in [1.54, 1.807) is 0 Å². The van der Waals surface area contributed by atoms with Gasteiger partial charge in [-0.25, -0.2) is 4.98 Å². The van der Waals surface area contributed by atoms with E-state index in [9.17, 15) is 4.79 Å². The summed E-state index contributed by atoms with van der Waals surface area (Å²) in [7, 11) is 0. The summed E-state index contributed by atoms with van der Waals surface area (Å²) in [4.78, 5) is 23.5. The van der Waals surface area contributed by atoms with Crippen LogP contribution in [-0.2, 0) is 6.42 Å². The Hall–Kier alpha value is -3.60. The van der Waals surface area contributed by atoms with Gasteiger partial charge in [-0.1, -0.05) is 42.5 Å². The Balaban J connectivity index is 1.58. The fourth-order valence-corrected chi connectivity index (χ4v) is 3.86. The number of nitrogens with zero attached hydrogens (tertiary/aromatic N) is 2. The molecule has 0 saturated carbocycles. The van der Waals surface area contributed by atoms with Crippen LogP contribution in [0.25, 0.3) is 11.0 Å². The number of nitrogens with one attached hydrogen (secondary N) is 2. The van der Waals surface area contributed by atoms with Crippen molar-refractivity contribution in [2.75, 3.05) is 18.0 Å². The van der Waals surface area contributed by atoms with Crippen molar-refractivity contribution >= 4 is 22.6 Å². The van der Waals surface area contributed by atoms with Crippen molar-refractivity contribution in [3.63, 3.8) is 0 Å². The molecule has 31 heavy (non-hydrogen) atoms. The number of aromatic nitrogens is 2. The maximum atomic E-state index is 13.1. The highest BCUT2D eigenvalue weighted by Crippen LogP contribution is 2.21. The molecule has 2 N–H and O–H groups in total. The second kappa shape index (κ2) is 9.47. The van der Waals surface area contributed by atoms with E-state index in [4.69, 9.17) is 4.98 Å². The minimum absolute atomic E-state index is 0.104. The number of rotatable bonds is 8. The predicted molar refractivity (Wildman–Crippen MR) is 126 cm³/mol. The predicted octanol–water partition coefficient (Wildman–Crippen LogP) is 5.12. The van der Waals surface area contributed by atoms with Gasteiger partial charge in [-0.05, 0) is 62.2 Å². The van der Waals surface area contributed by atoms with Crippen molar-refractivity contribution in [2.45, 2.75) is 26.3 Å². The third-order valence-electron chi connectivity index (χ3n) is 5.58. The zero-order chi connectivity index (χ0) is 21.6. The van der Waals surface area contributed by atoms with Crippen LogP contribution in [0.1, 0.15) is 41.6 Å². The number of hydrogen-bond donors (Lipinski definition) is 2. The molecule has 0 unspecified atom stereocenters. The first-order chi connectivity index (χ1) is 15.2.